The van der Waals surface area contributed by atoms with Crippen LogP contribution in [0.5, 0.6) is 5.75 Å². The number of aliphatic carboxylic acids is 1. The highest BCUT2D eigenvalue weighted by molar-refractivity contribution is 6.00. The number of ether oxygens (including phenoxy) is 1. The average molecular weight is 284 g/mol. The molecule has 0 amide bonds. The van der Waals surface area contributed by atoms with E-state index in [0.29, 0.717) is 19.3 Å². The monoisotopic (exact) mass is 284 g/mol. The minimum Gasteiger partial charge on any atom is -0.497 e. The van der Waals surface area contributed by atoms with Crippen molar-refractivity contribution in [2.75, 3.05) is 7.11 Å². The fourth-order valence-corrected chi connectivity index (χ4v) is 2.66. The summed E-state index contributed by atoms with van der Waals surface area (Å²) in [5, 5.41) is 9.04. The van der Waals surface area contributed by atoms with Crippen molar-refractivity contribution in [2.45, 2.75) is 19.3 Å². The zero-order chi connectivity index (χ0) is 14.9. The smallest absolute Gasteiger partial charge is 0.307 e. The lowest BCUT2D eigenvalue weighted by Gasteiger charge is -2.15. The number of carboxylic acids is 1. The third kappa shape index (κ3) is 2.50. The highest BCUT2D eigenvalue weighted by atomic mass is 19.1. The number of rotatable bonds is 4. The number of halogens is 2. The molecular weight excluding hydrogens is 270 g/mol. The minimum atomic E-state index is -1.10. The number of carbonyl (C=O) groups is 2. The van der Waals surface area contributed by atoms with E-state index in [0.717, 1.165) is 12.1 Å². The molecule has 1 aliphatic carbocycles. The van der Waals surface area contributed by atoms with Crippen LogP contribution in [0.3, 0.4) is 0 Å². The summed E-state index contributed by atoms with van der Waals surface area (Å²) in [5.41, 5.74) is -0.677. The molecule has 1 N–H and O–H groups in total. The van der Waals surface area contributed by atoms with Crippen LogP contribution in [-0.2, 0) is 4.79 Å². The van der Waals surface area contributed by atoms with E-state index in [9.17, 15) is 18.4 Å². The lowest BCUT2D eigenvalue weighted by Crippen LogP contribution is -2.26. The molecule has 0 spiro atoms. The van der Waals surface area contributed by atoms with Gasteiger partial charge in [0.2, 0.25) is 0 Å². The predicted octanol–water partition coefficient (Wildman–Crippen LogP) is 2.66. The van der Waals surface area contributed by atoms with Crippen molar-refractivity contribution in [1.29, 1.82) is 0 Å². The molecule has 1 fully saturated rings. The molecule has 20 heavy (non-hydrogen) atoms. The number of carbonyl (C=O) groups excluding carboxylic acids is 1. The third-order valence-corrected chi connectivity index (χ3v) is 3.67. The second kappa shape index (κ2) is 5.56. The molecule has 2 unspecified atom stereocenters. The van der Waals surface area contributed by atoms with Crippen molar-refractivity contribution in [3.8, 4) is 5.75 Å². The molecule has 2 atom stereocenters. The SMILES string of the molecule is COc1cc(F)c(C(=O)C2CCCC2C(=O)O)c(F)c1. The van der Waals surface area contributed by atoms with E-state index in [1.165, 1.54) is 7.11 Å². The Balaban J connectivity index is 2.36. The number of methoxy groups -OCH3 is 1. The highest BCUT2D eigenvalue weighted by Crippen LogP contribution is 2.36. The maximum atomic E-state index is 13.8. The van der Waals surface area contributed by atoms with Gasteiger partial charge in [-0.3, -0.25) is 9.59 Å². The molecule has 1 saturated carbocycles. The predicted molar refractivity (Wildman–Crippen MR) is 65.7 cm³/mol. The van der Waals surface area contributed by atoms with Gasteiger partial charge >= 0.3 is 5.97 Å². The van der Waals surface area contributed by atoms with Crippen LogP contribution < -0.4 is 4.74 Å². The maximum absolute atomic E-state index is 13.8. The van der Waals surface area contributed by atoms with Crippen molar-refractivity contribution < 1.29 is 28.2 Å². The summed E-state index contributed by atoms with van der Waals surface area (Å²) >= 11 is 0. The molecule has 1 aliphatic rings. The number of ketones is 1. The topological polar surface area (TPSA) is 63.6 Å². The molecule has 108 valence electrons. The van der Waals surface area contributed by atoms with Crippen molar-refractivity contribution >= 4 is 11.8 Å². The number of Topliss-reactive ketones (excluding diaryl/α,β-unsaturated/α-hetero) is 1. The first-order chi connectivity index (χ1) is 9.45. The molecule has 0 heterocycles. The Morgan fingerprint density at radius 1 is 1.20 bits per heavy atom. The van der Waals surface area contributed by atoms with Crippen LogP contribution in [0, 0.1) is 23.5 Å². The van der Waals surface area contributed by atoms with Crippen LogP contribution in [0.15, 0.2) is 12.1 Å². The summed E-state index contributed by atoms with van der Waals surface area (Å²) in [4.78, 5) is 23.3. The fourth-order valence-electron chi connectivity index (χ4n) is 2.66. The number of hydrogen-bond acceptors (Lipinski definition) is 3. The summed E-state index contributed by atoms with van der Waals surface area (Å²) in [6.07, 6.45) is 1.25. The standard InChI is InChI=1S/C14H14F2O4/c1-20-7-5-10(15)12(11(16)6-7)13(17)8-3-2-4-9(8)14(18)19/h5-6,8-9H,2-4H2,1H3,(H,18,19). The molecule has 1 aromatic rings. The van der Waals surface area contributed by atoms with Gasteiger partial charge in [0.1, 0.15) is 17.4 Å². The molecule has 2 rings (SSSR count). The summed E-state index contributed by atoms with van der Waals surface area (Å²) in [6.45, 7) is 0. The Hall–Kier alpha value is -1.98. The van der Waals surface area contributed by atoms with E-state index < -0.39 is 40.8 Å². The largest absolute Gasteiger partial charge is 0.497 e. The van der Waals surface area contributed by atoms with Crippen molar-refractivity contribution in [3.63, 3.8) is 0 Å². The Bertz CT molecular complexity index is 533. The van der Waals surface area contributed by atoms with Crippen LogP contribution in [-0.4, -0.2) is 24.0 Å². The van der Waals surface area contributed by atoms with Crippen LogP contribution in [0.2, 0.25) is 0 Å². The first-order valence-electron chi connectivity index (χ1n) is 6.25. The number of hydrogen-bond donors (Lipinski definition) is 1. The quantitative estimate of drug-likeness (QED) is 0.863. The summed E-state index contributed by atoms with van der Waals surface area (Å²) in [6, 6.07) is 1.84. The fraction of sp³-hybridized carbons (Fsp3) is 0.429. The second-order valence-electron chi connectivity index (χ2n) is 4.81. The van der Waals surface area contributed by atoms with E-state index in [-0.39, 0.29) is 5.75 Å². The van der Waals surface area contributed by atoms with Crippen molar-refractivity contribution in [3.05, 3.63) is 29.3 Å². The Kier molecular flexibility index (Phi) is 4.01. The van der Waals surface area contributed by atoms with Gasteiger partial charge in [0.15, 0.2) is 5.78 Å². The molecule has 0 aromatic heterocycles. The van der Waals surface area contributed by atoms with Gasteiger partial charge < -0.3 is 9.84 Å². The van der Waals surface area contributed by atoms with Gasteiger partial charge in [0.25, 0.3) is 0 Å². The van der Waals surface area contributed by atoms with Gasteiger partial charge in [-0.1, -0.05) is 6.42 Å². The maximum Gasteiger partial charge on any atom is 0.307 e. The van der Waals surface area contributed by atoms with E-state index in [1.807, 2.05) is 0 Å². The summed E-state index contributed by atoms with van der Waals surface area (Å²) in [5.74, 6) is -5.71. The molecule has 0 aliphatic heterocycles. The molecule has 4 nitrogen and oxygen atoms in total. The number of benzene rings is 1. The van der Waals surface area contributed by atoms with Gasteiger partial charge in [-0.25, -0.2) is 8.78 Å². The van der Waals surface area contributed by atoms with Crippen LogP contribution in [0.4, 0.5) is 8.78 Å². The highest BCUT2D eigenvalue weighted by Gasteiger charge is 2.39. The first kappa shape index (κ1) is 14.4. The van der Waals surface area contributed by atoms with Gasteiger partial charge in [0, 0.05) is 18.1 Å². The molecule has 0 saturated heterocycles. The Labute approximate surface area is 114 Å². The lowest BCUT2D eigenvalue weighted by molar-refractivity contribution is -0.142. The van der Waals surface area contributed by atoms with E-state index in [4.69, 9.17) is 9.84 Å². The van der Waals surface area contributed by atoms with Crippen LogP contribution in [0.25, 0.3) is 0 Å². The van der Waals surface area contributed by atoms with Crippen molar-refractivity contribution in [1.82, 2.24) is 0 Å². The average Bonchev–Trinajstić information content (AvgIpc) is 2.86. The first-order valence-corrected chi connectivity index (χ1v) is 6.25. The van der Waals surface area contributed by atoms with Crippen LogP contribution >= 0.6 is 0 Å². The second-order valence-corrected chi connectivity index (χ2v) is 4.81. The van der Waals surface area contributed by atoms with E-state index >= 15 is 0 Å². The summed E-state index contributed by atoms with van der Waals surface area (Å²) in [7, 11) is 1.26. The van der Waals surface area contributed by atoms with E-state index in [1.54, 1.807) is 0 Å². The third-order valence-electron chi connectivity index (χ3n) is 3.67. The van der Waals surface area contributed by atoms with E-state index in [2.05, 4.69) is 0 Å². The molecule has 6 heteroatoms. The zero-order valence-electron chi connectivity index (χ0n) is 10.9. The molecule has 0 radical (unpaired) electrons. The normalized spacial score (nSPS) is 21.8. The Morgan fingerprint density at radius 3 is 2.25 bits per heavy atom. The van der Waals surface area contributed by atoms with Gasteiger partial charge in [-0.15, -0.1) is 0 Å². The van der Waals surface area contributed by atoms with Gasteiger partial charge in [-0.2, -0.15) is 0 Å². The van der Waals surface area contributed by atoms with Gasteiger partial charge in [-0.05, 0) is 12.8 Å². The number of carboxylic acid groups (broad SMARTS) is 1. The summed E-state index contributed by atoms with van der Waals surface area (Å²) < 4.78 is 32.4. The molecular formula is C14H14F2O4. The van der Waals surface area contributed by atoms with Crippen LogP contribution in [0.1, 0.15) is 29.6 Å². The molecule has 0 bridgehead atoms. The lowest BCUT2D eigenvalue weighted by atomic mass is 9.88. The minimum absolute atomic E-state index is 0.0299. The zero-order valence-corrected chi connectivity index (χ0v) is 10.9. The Morgan fingerprint density at radius 2 is 1.75 bits per heavy atom. The van der Waals surface area contributed by atoms with Gasteiger partial charge in [0.05, 0.1) is 18.6 Å². The molecule has 1 aromatic carbocycles. The van der Waals surface area contributed by atoms with Crippen molar-refractivity contribution in [2.24, 2.45) is 11.8 Å².